The van der Waals surface area contributed by atoms with Gasteiger partial charge in [0.2, 0.25) is 0 Å². The second kappa shape index (κ2) is 4.15. The molecule has 0 N–H and O–H groups in total. The zero-order valence-corrected chi connectivity index (χ0v) is 10.2. The summed E-state index contributed by atoms with van der Waals surface area (Å²) in [5, 5.41) is 2.18. The van der Waals surface area contributed by atoms with Crippen molar-refractivity contribution in [3.05, 3.63) is 17.4 Å². The minimum absolute atomic E-state index is 0.0400. The number of anilines is 1. The van der Waals surface area contributed by atoms with Crippen LogP contribution in [0.2, 0.25) is 0 Å². The van der Waals surface area contributed by atoms with Crippen LogP contribution in [-0.4, -0.2) is 24.2 Å². The summed E-state index contributed by atoms with van der Waals surface area (Å²) in [5.41, 5.74) is 1.50. The Labute approximate surface area is 108 Å². The van der Waals surface area contributed by atoms with Crippen molar-refractivity contribution in [2.75, 3.05) is 18.1 Å². The Hall–Kier alpha value is -1.78. The highest BCUT2D eigenvalue weighted by Gasteiger charge is 2.33. The van der Waals surface area contributed by atoms with E-state index in [4.69, 9.17) is 4.74 Å². The second-order valence-corrected chi connectivity index (χ2v) is 4.36. The number of amides is 1. The number of isothiocyanates is 1. The molecule has 0 fully saturated rings. The van der Waals surface area contributed by atoms with Gasteiger partial charge in [-0.2, -0.15) is 4.99 Å². The van der Waals surface area contributed by atoms with E-state index < -0.39 is 5.82 Å². The maximum Gasteiger partial charge on any atom is 0.265 e. The van der Waals surface area contributed by atoms with Crippen molar-refractivity contribution < 1.29 is 13.9 Å². The molecule has 1 aromatic carbocycles. The molecule has 1 amide bonds. The van der Waals surface area contributed by atoms with Crippen LogP contribution in [0.15, 0.2) is 11.1 Å². The van der Waals surface area contributed by atoms with Crippen LogP contribution in [-0.2, 0) is 11.2 Å². The summed E-state index contributed by atoms with van der Waals surface area (Å²) in [4.78, 5) is 17.2. The molecular formula is C12H9FN2O2S. The number of rotatable bonds is 1. The van der Waals surface area contributed by atoms with Crippen LogP contribution in [0.5, 0.6) is 5.75 Å². The number of hydrogen-bond acceptors (Lipinski definition) is 4. The number of benzene rings is 1. The van der Waals surface area contributed by atoms with Gasteiger partial charge in [-0.25, -0.2) is 4.39 Å². The molecule has 2 heterocycles. The first-order valence-corrected chi connectivity index (χ1v) is 5.99. The number of ether oxygens (including phenoxy) is 1. The van der Waals surface area contributed by atoms with Crippen LogP contribution >= 0.6 is 12.2 Å². The van der Waals surface area contributed by atoms with E-state index in [1.54, 1.807) is 4.90 Å². The summed E-state index contributed by atoms with van der Waals surface area (Å²) in [6.45, 7) is 0.593. The Morgan fingerprint density at radius 3 is 3.17 bits per heavy atom. The third-order valence-corrected chi connectivity index (χ3v) is 3.27. The van der Waals surface area contributed by atoms with Crippen LogP contribution in [0.4, 0.5) is 15.8 Å². The monoisotopic (exact) mass is 264 g/mol. The van der Waals surface area contributed by atoms with E-state index in [0.29, 0.717) is 30.0 Å². The molecule has 0 saturated heterocycles. The van der Waals surface area contributed by atoms with Gasteiger partial charge >= 0.3 is 0 Å². The van der Waals surface area contributed by atoms with Gasteiger partial charge in [-0.15, -0.1) is 0 Å². The van der Waals surface area contributed by atoms with Crippen LogP contribution < -0.4 is 9.64 Å². The van der Waals surface area contributed by atoms with Crippen molar-refractivity contribution in [2.45, 2.75) is 12.8 Å². The van der Waals surface area contributed by atoms with E-state index in [1.807, 2.05) is 0 Å². The van der Waals surface area contributed by atoms with Crippen LogP contribution in [0, 0.1) is 5.82 Å². The van der Waals surface area contributed by atoms with Gasteiger partial charge in [0, 0.05) is 18.2 Å². The van der Waals surface area contributed by atoms with Gasteiger partial charge in [0.05, 0.1) is 10.8 Å². The van der Waals surface area contributed by atoms with Gasteiger partial charge < -0.3 is 9.64 Å². The highest BCUT2D eigenvalue weighted by atomic mass is 32.1. The van der Waals surface area contributed by atoms with Gasteiger partial charge in [-0.3, -0.25) is 4.79 Å². The maximum atomic E-state index is 13.9. The van der Waals surface area contributed by atoms with E-state index in [1.165, 1.54) is 6.07 Å². The van der Waals surface area contributed by atoms with Crippen molar-refractivity contribution in [3.8, 4) is 5.75 Å². The van der Waals surface area contributed by atoms with Gasteiger partial charge in [0.15, 0.2) is 12.4 Å². The fraction of sp³-hybridized carbons (Fsp3) is 0.333. The molecule has 0 spiro atoms. The molecule has 0 atom stereocenters. The third-order valence-electron chi connectivity index (χ3n) is 3.18. The van der Waals surface area contributed by atoms with E-state index in [-0.39, 0.29) is 18.2 Å². The molecule has 0 bridgehead atoms. The molecule has 0 unspecified atom stereocenters. The Kier molecular flexibility index (Phi) is 2.61. The average Bonchev–Trinajstić information content (AvgIpc) is 2.38. The van der Waals surface area contributed by atoms with Gasteiger partial charge in [0.1, 0.15) is 11.4 Å². The number of nitrogens with zero attached hydrogens (tertiary/aromatic N) is 2. The van der Waals surface area contributed by atoms with Crippen molar-refractivity contribution in [3.63, 3.8) is 0 Å². The number of aliphatic imine (C=N–C) groups is 1. The first-order chi connectivity index (χ1) is 8.72. The lowest BCUT2D eigenvalue weighted by atomic mass is 9.97. The molecule has 0 radical (unpaired) electrons. The quantitative estimate of drug-likeness (QED) is 0.577. The number of thiocarbonyl (C=S) groups is 1. The zero-order chi connectivity index (χ0) is 12.7. The lowest BCUT2D eigenvalue weighted by Gasteiger charge is -2.35. The average molecular weight is 264 g/mol. The first kappa shape index (κ1) is 11.3. The molecular weight excluding hydrogens is 255 g/mol. The van der Waals surface area contributed by atoms with Gasteiger partial charge in [-0.1, -0.05) is 0 Å². The van der Waals surface area contributed by atoms with E-state index in [2.05, 4.69) is 22.4 Å². The number of hydrogen-bond donors (Lipinski definition) is 0. The molecule has 18 heavy (non-hydrogen) atoms. The van der Waals surface area contributed by atoms with Gasteiger partial charge in [0.25, 0.3) is 5.91 Å². The van der Waals surface area contributed by atoms with Crippen molar-refractivity contribution >= 4 is 34.7 Å². The molecule has 2 aliphatic rings. The lowest BCUT2D eigenvalue weighted by molar-refractivity contribution is -0.121. The number of carbonyl (C=O) groups is 1. The maximum absolute atomic E-state index is 13.9. The fourth-order valence-corrected chi connectivity index (χ4v) is 2.55. The summed E-state index contributed by atoms with van der Waals surface area (Å²) in [7, 11) is 0. The largest absolute Gasteiger partial charge is 0.481 e. The number of carbonyl (C=O) groups excluding carboxylic acids is 1. The fourth-order valence-electron chi connectivity index (χ4n) is 2.46. The van der Waals surface area contributed by atoms with Crippen molar-refractivity contribution in [1.82, 2.24) is 0 Å². The van der Waals surface area contributed by atoms with E-state index in [0.717, 1.165) is 6.42 Å². The summed E-state index contributed by atoms with van der Waals surface area (Å²) in [5.74, 6) is -0.185. The summed E-state index contributed by atoms with van der Waals surface area (Å²) in [6, 6.07) is 1.26. The molecule has 4 nitrogen and oxygen atoms in total. The first-order valence-electron chi connectivity index (χ1n) is 5.59. The Balaban J connectivity index is 2.30. The van der Waals surface area contributed by atoms with E-state index in [9.17, 15) is 9.18 Å². The molecule has 92 valence electrons. The van der Waals surface area contributed by atoms with Crippen molar-refractivity contribution in [1.29, 1.82) is 0 Å². The Morgan fingerprint density at radius 1 is 1.56 bits per heavy atom. The molecule has 6 heteroatoms. The molecule has 1 aromatic rings. The molecule has 0 saturated carbocycles. The second-order valence-electron chi connectivity index (χ2n) is 4.17. The smallest absolute Gasteiger partial charge is 0.265 e. The van der Waals surface area contributed by atoms with Gasteiger partial charge in [-0.05, 0) is 25.1 Å². The Bertz CT molecular complexity index is 596. The summed E-state index contributed by atoms with van der Waals surface area (Å²) in [6.07, 6.45) is 1.44. The predicted molar refractivity (Wildman–Crippen MR) is 67.3 cm³/mol. The topological polar surface area (TPSA) is 41.9 Å². The highest BCUT2D eigenvalue weighted by Crippen LogP contribution is 2.44. The minimum atomic E-state index is -0.489. The SMILES string of the molecule is O=C1COc2cc(F)c(N=C=S)c3c2N1CCC3. The predicted octanol–water partition coefficient (Wildman–Crippen LogP) is 2.23. The van der Waals surface area contributed by atoms with Crippen LogP contribution in [0.1, 0.15) is 12.0 Å². The van der Waals surface area contributed by atoms with Crippen LogP contribution in [0.3, 0.4) is 0 Å². The molecule has 0 aromatic heterocycles. The van der Waals surface area contributed by atoms with Crippen LogP contribution in [0.25, 0.3) is 0 Å². The zero-order valence-electron chi connectivity index (χ0n) is 9.40. The molecule has 2 aliphatic heterocycles. The normalized spacial score (nSPS) is 16.7. The standard InChI is InChI=1S/C12H9FN2O2S/c13-8-4-9-12-7(11(8)14-6-18)2-1-3-15(12)10(16)5-17-9/h4H,1-3,5H2. The Morgan fingerprint density at radius 2 is 2.39 bits per heavy atom. The highest BCUT2D eigenvalue weighted by molar-refractivity contribution is 7.78. The molecule has 0 aliphatic carbocycles. The third kappa shape index (κ3) is 1.54. The lowest BCUT2D eigenvalue weighted by Crippen LogP contribution is -2.42. The summed E-state index contributed by atoms with van der Waals surface area (Å²) < 4.78 is 19.2. The molecule has 3 rings (SSSR count). The number of halogens is 1. The van der Waals surface area contributed by atoms with Crippen molar-refractivity contribution in [2.24, 2.45) is 4.99 Å². The summed E-state index contributed by atoms with van der Waals surface area (Å²) >= 11 is 4.53. The minimum Gasteiger partial charge on any atom is -0.481 e. The van der Waals surface area contributed by atoms with E-state index >= 15 is 0 Å².